The Kier molecular flexibility index (Phi) is 1.92. The molecule has 0 aromatic carbocycles. The zero-order chi connectivity index (χ0) is 7.90. The van der Waals surface area contributed by atoms with Gasteiger partial charge in [-0.05, 0) is 30.9 Å². The quantitative estimate of drug-likeness (QED) is 0.653. The Labute approximate surface area is 73.1 Å². The van der Waals surface area contributed by atoms with Crippen LogP contribution in [0.1, 0.15) is 32.6 Å². The van der Waals surface area contributed by atoms with Crippen LogP contribution in [0.4, 0.5) is 0 Å². The Morgan fingerprint density at radius 1 is 1.45 bits per heavy atom. The largest absolute Gasteiger partial charge is 0.324 e. The van der Waals surface area contributed by atoms with Gasteiger partial charge >= 0.3 is 0 Å². The molecule has 2 heteroatoms. The maximum atomic E-state index is 6.24. The molecule has 2 aliphatic rings. The van der Waals surface area contributed by atoms with Gasteiger partial charge in [-0.1, -0.05) is 13.3 Å². The summed E-state index contributed by atoms with van der Waals surface area (Å²) in [5.41, 5.74) is 6.49. The summed E-state index contributed by atoms with van der Waals surface area (Å²) in [7, 11) is 0. The predicted octanol–water partition coefficient (Wildman–Crippen LogP) is 2.01. The average molecular weight is 171 g/mol. The summed E-state index contributed by atoms with van der Waals surface area (Å²) >= 11 is 2.11. The van der Waals surface area contributed by atoms with E-state index >= 15 is 0 Å². The van der Waals surface area contributed by atoms with Crippen LogP contribution in [0.3, 0.4) is 0 Å². The number of nitrogens with two attached hydrogens (primary N) is 1. The van der Waals surface area contributed by atoms with E-state index in [1.165, 1.54) is 31.4 Å². The molecule has 0 bridgehead atoms. The van der Waals surface area contributed by atoms with Crippen molar-refractivity contribution >= 4 is 11.8 Å². The van der Waals surface area contributed by atoms with E-state index in [1.54, 1.807) is 0 Å². The third-order valence-electron chi connectivity index (χ3n) is 3.20. The molecule has 2 N–H and O–H groups in total. The lowest BCUT2D eigenvalue weighted by molar-refractivity contribution is 0.525. The molecule has 1 heterocycles. The molecule has 1 saturated heterocycles. The van der Waals surface area contributed by atoms with Crippen LogP contribution in [0.15, 0.2) is 0 Å². The monoisotopic (exact) mass is 171 g/mol. The van der Waals surface area contributed by atoms with Crippen LogP contribution in [0.2, 0.25) is 0 Å². The Morgan fingerprint density at radius 3 is 2.64 bits per heavy atom. The van der Waals surface area contributed by atoms with Gasteiger partial charge in [-0.25, -0.2) is 0 Å². The molecule has 3 atom stereocenters. The molecule has 2 rings (SSSR count). The fourth-order valence-corrected chi connectivity index (χ4v) is 3.71. The van der Waals surface area contributed by atoms with Gasteiger partial charge in [0.2, 0.25) is 0 Å². The highest BCUT2D eigenvalue weighted by Crippen LogP contribution is 2.50. The molecule has 3 unspecified atom stereocenters. The van der Waals surface area contributed by atoms with E-state index in [-0.39, 0.29) is 5.54 Å². The van der Waals surface area contributed by atoms with E-state index in [1.807, 2.05) is 0 Å². The number of thioether (sulfide) groups is 1. The second-order valence-electron chi connectivity index (χ2n) is 4.07. The van der Waals surface area contributed by atoms with Crippen LogP contribution >= 0.6 is 11.8 Å². The van der Waals surface area contributed by atoms with Crippen LogP contribution in [0.25, 0.3) is 0 Å². The van der Waals surface area contributed by atoms with E-state index in [9.17, 15) is 0 Å². The zero-order valence-corrected chi connectivity index (χ0v) is 7.99. The molecule has 64 valence electrons. The average Bonchev–Trinajstić information content (AvgIpc) is 2.64. The topological polar surface area (TPSA) is 26.0 Å². The van der Waals surface area contributed by atoms with Gasteiger partial charge in [0.15, 0.2) is 0 Å². The summed E-state index contributed by atoms with van der Waals surface area (Å²) in [5.74, 6) is 2.13. The molecule has 1 nitrogen and oxygen atoms in total. The lowest BCUT2D eigenvalue weighted by atomic mass is 10.0. The van der Waals surface area contributed by atoms with Crippen LogP contribution in [-0.2, 0) is 0 Å². The summed E-state index contributed by atoms with van der Waals surface area (Å²) < 4.78 is 0. The van der Waals surface area contributed by atoms with Crippen LogP contribution in [-0.4, -0.2) is 16.5 Å². The predicted molar refractivity (Wildman–Crippen MR) is 50.8 cm³/mol. The van der Waals surface area contributed by atoms with Gasteiger partial charge in [0.1, 0.15) is 0 Å². The third-order valence-corrected chi connectivity index (χ3v) is 4.80. The highest BCUT2D eigenvalue weighted by molar-refractivity contribution is 8.00. The lowest BCUT2D eigenvalue weighted by Gasteiger charge is -2.27. The first kappa shape index (κ1) is 7.93. The van der Waals surface area contributed by atoms with Crippen molar-refractivity contribution in [2.75, 3.05) is 5.75 Å². The number of hydrogen-bond donors (Lipinski definition) is 1. The van der Waals surface area contributed by atoms with Crippen LogP contribution in [0, 0.1) is 5.92 Å². The number of hydrogen-bond acceptors (Lipinski definition) is 2. The van der Waals surface area contributed by atoms with Gasteiger partial charge in [0.25, 0.3) is 0 Å². The van der Waals surface area contributed by atoms with Crippen molar-refractivity contribution in [2.24, 2.45) is 11.7 Å². The SMILES string of the molecule is CC1CC1(N)C1CCCCS1. The van der Waals surface area contributed by atoms with Crippen molar-refractivity contribution in [3.63, 3.8) is 0 Å². The molecule has 0 aromatic heterocycles. The smallest absolute Gasteiger partial charge is 0.0304 e. The van der Waals surface area contributed by atoms with E-state index in [0.29, 0.717) is 0 Å². The van der Waals surface area contributed by atoms with Gasteiger partial charge in [-0.3, -0.25) is 0 Å². The van der Waals surface area contributed by atoms with Gasteiger partial charge in [0.05, 0.1) is 0 Å². The van der Waals surface area contributed by atoms with Crippen molar-refractivity contribution in [1.29, 1.82) is 0 Å². The molecule has 11 heavy (non-hydrogen) atoms. The molecule has 1 aliphatic heterocycles. The van der Waals surface area contributed by atoms with Crippen molar-refractivity contribution in [3.8, 4) is 0 Å². The molecule has 2 fully saturated rings. The minimum absolute atomic E-state index is 0.241. The van der Waals surface area contributed by atoms with Crippen molar-refractivity contribution < 1.29 is 0 Å². The first-order valence-electron chi connectivity index (χ1n) is 4.64. The molecular weight excluding hydrogens is 154 g/mol. The van der Waals surface area contributed by atoms with E-state index in [4.69, 9.17) is 5.73 Å². The maximum absolute atomic E-state index is 6.24. The Balaban J connectivity index is 1.94. The Morgan fingerprint density at radius 2 is 2.18 bits per heavy atom. The fourth-order valence-electron chi connectivity index (χ4n) is 2.08. The van der Waals surface area contributed by atoms with Crippen molar-refractivity contribution in [1.82, 2.24) is 0 Å². The summed E-state index contributed by atoms with van der Waals surface area (Å²) in [4.78, 5) is 0. The molecule has 0 amide bonds. The summed E-state index contributed by atoms with van der Waals surface area (Å²) in [6.07, 6.45) is 5.45. The summed E-state index contributed by atoms with van der Waals surface area (Å²) in [6.45, 7) is 2.29. The second kappa shape index (κ2) is 2.67. The van der Waals surface area contributed by atoms with Gasteiger partial charge < -0.3 is 5.73 Å². The summed E-state index contributed by atoms with van der Waals surface area (Å²) in [5, 5.41) is 0.784. The second-order valence-corrected chi connectivity index (χ2v) is 5.38. The first-order chi connectivity index (χ1) is 5.23. The van der Waals surface area contributed by atoms with Gasteiger partial charge in [-0.2, -0.15) is 11.8 Å². The third kappa shape index (κ3) is 1.31. The maximum Gasteiger partial charge on any atom is 0.0304 e. The van der Waals surface area contributed by atoms with Crippen LogP contribution in [0.5, 0.6) is 0 Å². The molecule has 1 aliphatic carbocycles. The summed E-state index contributed by atoms with van der Waals surface area (Å²) in [6, 6.07) is 0. The minimum atomic E-state index is 0.241. The van der Waals surface area contributed by atoms with Crippen LogP contribution < -0.4 is 5.73 Å². The van der Waals surface area contributed by atoms with E-state index in [2.05, 4.69) is 18.7 Å². The van der Waals surface area contributed by atoms with Crippen molar-refractivity contribution in [2.45, 2.75) is 43.4 Å². The molecule has 0 radical (unpaired) electrons. The zero-order valence-electron chi connectivity index (χ0n) is 7.18. The first-order valence-corrected chi connectivity index (χ1v) is 5.69. The van der Waals surface area contributed by atoms with E-state index in [0.717, 1.165) is 11.2 Å². The molecular formula is C9H17NS. The van der Waals surface area contributed by atoms with Gasteiger partial charge in [-0.15, -0.1) is 0 Å². The Hall–Kier alpha value is 0.310. The minimum Gasteiger partial charge on any atom is -0.324 e. The normalized spacial score (nSPS) is 50.7. The highest BCUT2D eigenvalue weighted by atomic mass is 32.2. The molecule has 0 aromatic rings. The highest BCUT2D eigenvalue weighted by Gasteiger charge is 2.53. The van der Waals surface area contributed by atoms with Crippen molar-refractivity contribution in [3.05, 3.63) is 0 Å². The molecule has 1 saturated carbocycles. The Bertz CT molecular complexity index is 154. The van der Waals surface area contributed by atoms with E-state index < -0.39 is 0 Å². The fraction of sp³-hybridized carbons (Fsp3) is 1.00. The number of rotatable bonds is 1. The lowest BCUT2D eigenvalue weighted by Crippen LogP contribution is -2.38. The van der Waals surface area contributed by atoms with Gasteiger partial charge in [0, 0.05) is 10.8 Å². The standard InChI is InChI=1S/C9H17NS/c1-7-6-9(7,10)8-4-2-3-5-11-8/h7-8H,2-6,10H2,1H3. The molecule has 0 spiro atoms.